The molecule has 0 aliphatic heterocycles. The average molecular weight is 257 g/mol. The second-order valence-electron chi connectivity index (χ2n) is 4.44. The molecule has 6 heteroatoms. The van der Waals surface area contributed by atoms with Gasteiger partial charge in [-0.3, -0.25) is 4.40 Å². The maximum absolute atomic E-state index is 13.9. The van der Waals surface area contributed by atoms with Crippen molar-refractivity contribution in [3.05, 3.63) is 41.5 Å². The van der Waals surface area contributed by atoms with Gasteiger partial charge in [0.05, 0.1) is 5.56 Å². The molecule has 0 unspecified atom stereocenters. The normalized spacial score (nSPS) is 11.1. The van der Waals surface area contributed by atoms with E-state index in [1.54, 1.807) is 10.5 Å². The summed E-state index contributed by atoms with van der Waals surface area (Å²) in [5.41, 5.74) is 8.24. The molecule has 0 radical (unpaired) electrons. The van der Waals surface area contributed by atoms with Crippen LogP contribution in [0.3, 0.4) is 0 Å². The first-order valence-electron chi connectivity index (χ1n) is 5.81. The number of aromatic nitrogens is 4. The highest BCUT2D eigenvalue weighted by atomic mass is 19.1. The van der Waals surface area contributed by atoms with Gasteiger partial charge in [-0.2, -0.15) is 0 Å². The highest BCUT2D eigenvalue weighted by molar-refractivity contribution is 5.64. The van der Waals surface area contributed by atoms with E-state index in [-0.39, 0.29) is 5.82 Å². The first-order chi connectivity index (χ1) is 9.06. The van der Waals surface area contributed by atoms with E-state index in [2.05, 4.69) is 15.2 Å². The minimum atomic E-state index is -0.386. The van der Waals surface area contributed by atoms with Crippen LogP contribution in [0.1, 0.15) is 11.4 Å². The van der Waals surface area contributed by atoms with E-state index in [0.29, 0.717) is 22.9 Å². The number of aryl methyl sites for hydroxylation is 2. The highest BCUT2D eigenvalue weighted by Gasteiger charge is 2.15. The van der Waals surface area contributed by atoms with Crippen molar-refractivity contribution in [2.75, 3.05) is 5.73 Å². The summed E-state index contributed by atoms with van der Waals surface area (Å²) in [6, 6.07) is 6.27. The Balaban J connectivity index is 2.34. The number of hydrogen-bond acceptors (Lipinski definition) is 4. The van der Waals surface area contributed by atoms with E-state index in [1.165, 1.54) is 12.1 Å². The zero-order chi connectivity index (χ0) is 13.6. The molecule has 2 heterocycles. The summed E-state index contributed by atoms with van der Waals surface area (Å²) in [7, 11) is 0. The lowest BCUT2D eigenvalue weighted by Gasteiger charge is -2.06. The van der Waals surface area contributed by atoms with E-state index in [9.17, 15) is 4.39 Å². The number of anilines is 1. The van der Waals surface area contributed by atoms with Crippen LogP contribution in [0, 0.1) is 19.7 Å². The zero-order valence-electron chi connectivity index (χ0n) is 10.6. The lowest BCUT2D eigenvalue weighted by molar-refractivity contribution is 0.630. The standard InChI is InChI=1S/C13H12FN5/c1-7-5-8(2)19-12(17-18-13(19)16-7)10-6-9(15)3-4-11(10)14/h3-6H,15H2,1-2H3. The summed E-state index contributed by atoms with van der Waals surface area (Å²) in [6.07, 6.45) is 0. The molecule has 3 rings (SSSR count). The van der Waals surface area contributed by atoms with Crippen LogP contribution >= 0.6 is 0 Å². The van der Waals surface area contributed by atoms with Gasteiger partial charge in [0.15, 0.2) is 5.82 Å². The van der Waals surface area contributed by atoms with Crippen molar-refractivity contribution in [3.8, 4) is 11.4 Å². The summed E-state index contributed by atoms with van der Waals surface area (Å²) in [6.45, 7) is 3.78. The van der Waals surface area contributed by atoms with E-state index < -0.39 is 0 Å². The van der Waals surface area contributed by atoms with Gasteiger partial charge in [-0.25, -0.2) is 9.37 Å². The fourth-order valence-corrected chi connectivity index (χ4v) is 2.12. The fraction of sp³-hybridized carbons (Fsp3) is 0.154. The quantitative estimate of drug-likeness (QED) is 0.678. The third-order valence-corrected chi connectivity index (χ3v) is 2.92. The average Bonchev–Trinajstić information content (AvgIpc) is 2.76. The summed E-state index contributed by atoms with van der Waals surface area (Å²) in [4.78, 5) is 4.27. The van der Waals surface area contributed by atoms with Gasteiger partial charge < -0.3 is 5.73 Å². The second-order valence-corrected chi connectivity index (χ2v) is 4.44. The van der Waals surface area contributed by atoms with Crippen molar-refractivity contribution >= 4 is 11.5 Å². The molecular weight excluding hydrogens is 245 g/mol. The number of nitrogens with zero attached hydrogens (tertiary/aromatic N) is 4. The van der Waals surface area contributed by atoms with Crippen molar-refractivity contribution in [2.45, 2.75) is 13.8 Å². The van der Waals surface area contributed by atoms with Gasteiger partial charge in [0.1, 0.15) is 5.82 Å². The predicted octanol–water partition coefficient (Wildman–Crippen LogP) is 2.13. The molecule has 0 spiro atoms. The predicted molar refractivity (Wildman–Crippen MR) is 70.1 cm³/mol. The zero-order valence-corrected chi connectivity index (χ0v) is 10.6. The molecule has 0 aliphatic rings. The number of halogens is 1. The Bertz CT molecular complexity index is 778. The third-order valence-electron chi connectivity index (χ3n) is 2.92. The minimum Gasteiger partial charge on any atom is -0.399 e. The monoisotopic (exact) mass is 257 g/mol. The Morgan fingerprint density at radius 3 is 2.74 bits per heavy atom. The van der Waals surface area contributed by atoms with Crippen LogP contribution < -0.4 is 5.73 Å². The molecule has 19 heavy (non-hydrogen) atoms. The number of fused-ring (bicyclic) bond motifs is 1. The molecule has 0 saturated heterocycles. The second kappa shape index (κ2) is 4.01. The van der Waals surface area contributed by atoms with Gasteiger partial charge in [0.25, 0.3) is 5.78 Å². The number of nitrogen functional groups attached to an aromatic ring is 1. The van der Waals surface area contributed by atoms with Gasteiger partial charge in [-0.15, -0.1) is 10.2 Å². The molecule has 1 aromatic carbocycles. The Morgan fingerprint density at radius 2 is 1.95 bits per heavy atom. The van der Waals surface area contributed by atoms with Gasteiger partial charge in [-0.1, -0.05) is 0 Å². The van der Waals surface area contributed by atoms with Crippen molar-refractivity contribution < 1.29 is 4.39 Å². The Kier molecular flexibility index (Phi) is 2.45. The Hall–Kier alpha value is -2.50. The van der Waals surface area contributed by atoms with Gasteiger partial charge >= 0.3 is 0 Å². The molecular formula is C13H12FN5. The van der Waals surface area contributed by atoms with Crippen molar-refractivity contribution in [2.24, 2.45) is 0 Å². The molecule has 3 aromatic rings. The third kappa shape index (κ3) is 1.81. The fourth-order valence-electron chi connectivity index (χ4n) is 2.12. The largest absolute Gasteiger partial charge is 0.399 e. The Morgan fingerprint density at radius 1 is 1.16 bits per heavy atom. The van der Waals surface area contributed by atoms with E-state index in [1.807, 2.05) is 19.9 Å². The lowest BCUT2D eigenvalue weighted by Crippen LogP contribution is -2.00. The van der Waals surface area contributed by atoms with Crippen LogP contribution in [0.4, 0.5) is 10.1 Å². The maximum Gasteiger partial charge on any atom is 0.255 e. The first kappa shape index (κ1) is 11.6. The van der Waals surface area contributed by atoms with Crippen molar-refractivity contribution in [1.29, 1.82) is 0 Å². The summed E-state index contributed by atoms with van der Waals surface area (Å²) in [5.74, 6) is 0.475. The van der Waals surface area contributed by atoms with Gasteiger partial charge in [0, 0.05) is 17.1 Å². The summed E-state index contributed by atoms with van der Waals surface area (Å²) < 4.78 is 15.6. The molecule has 0 atom stereocenters. The van der Waals surface area contributed by atoms with Crippen molar-refractivity contribution in [3.63, 3.8) is 0 Å². The lowest BCUT2D eigenvalue weighted by atomic mass is 10.1. The molecule has 96 valence electrons. The maximum atomic E-state index is 13.9. The van der Waals surface area contributed by atoms with Crippen LogP contribution in [0.5, 0.6) is 0 Å². The van der Waals surface area contributed by atoms with Crippen LogP contribution in [0.15, 0.2) is 24.3 Å². The number of nitrogens with two attached hydrogens (primary N) is 1. The summed E-state index contributed by atoms with van der Waals surface area (Å²) in [5, 5.41) is 8.01. The highest BCUT2D eigenvalue weighted by Crippen LogP contribution is 2.24. The molecule has 0 aliphatic carbocycles. The molecule has 0 fully saturated rings. The smallest absolute Gasteiger partial charge is 0.255 e. The number of benzene rings is 1. The van der Waals surface area contributed by atoms with Gasteiger partial charge in [-0.05, 0) is 38.1 Å². The van der Waals surface area contributed by atoms with Crippen LogP contribution in [0.25, 0.3) is 17.2 Å². The molecule has 2 aromatic heterocycles. The molecule has 0 bridgehead atoms. The Labute approximate surface area is 108 Å². The summed E-state index contributed by atoms with van der Waals surface area (Å²) >= 11 is 0. The van der Waals surface area contributed by atoms with E-state index in [4.69, 9.17) is 5.73 Å². The van der Waals surface area contributed by atoms with E-state index >= 15 is 0 Å². The molecule has 0 amide bonds. The molecule has 2 N–H and O–H groups in total. The first-order valence-corrected chi connectivity index (χ1v) is 5.81. The number of rotatable bonds is 1. The van der Waals surface area contributed by atoms with Crippen molar-refractivity contribution in [1.82, 2.24) is 19.6 Å². The van der Waals surface area contributed by atoms with Crippen LogP contribution in [-0.4, -0.2) is 19.6 Å². The van der Waals surface area contributed by atoms with E-state index in [0.717, 1.165) is 11.4 Å². The van der Waals surface area contributed by atoms with Gasteiger partial charge in [0.2, 0.25) is 0 Å². The van der Waals surface area contributed by atoms with Crippen LogP contribution in [0.2, 0.25) is 0 Å². The number of hydrogen-bond donors (Lipinski definition) is 1. The SMILES string of the molecule is Cc1cc(C)n2c(-c3cc(N)ccc3F)nnc2n1. The minimum absolute atomic E-state index is 0.321. The topological polar surface area (TPSA) is 69.1 Å². The molecule has 0 saturated carbocycles. The van der Waals surface area contributed by atoms with Crippen LogP contribution in [-0.2, 0) is 0 Å². The molecule has 5 nitrogen and oxygen atoms in total.